The van der Waals surface area contributed by atoms with Crippen LogP contribution in [0.5, 0.6) is 0 Å². The van der Waals surface area contributed by atoms with Crippen LogP contribution in [0, 0.1) is 19.3 Å². The number of carbonyl (C=O) groups is 1. The molecule has 0 atom stereocenters. The highest BCUT2D eigenvalue weighted by Crippen LogP contribution is 2.36. The van der Waals surface area contributed by atoms with Crippen LogP contribution in [0.3, 0.4) is 0 Å². The van der Waals surface area contributed by atoms with Crippen molar-refractivity contribution < 1.29 is 9.53 Å². The first-order chi connectivity index (χ1) is 9.37. The van der Waals surface area contributed by atoms with Crippen LogP contribution in [0.1, 0.15) is 61.0 Å². The summed E-state index contributed by atoms with van der Waals surface area (Å²) >= 11 is 0. The summed E-state index contributed by atoms with van der Waals surface area (Å²) in [6, 6.07) is 5.96. The van der Waals surface area contributed by atoms with E-state index in [4.69, 9.17) is 4.74 Å². The Hall–Kier alpha value is -1.15. The third kappa shape index (κ3) is 3.92. The predicted octanol–water partition coefficient (Wildman–Crippen LogP) is 4.47. The second kappa shape index (κ2) is 6.09. The molecule has 1 aliphatic carbocycles. The molecule has 0 amide bonds. The van der Waals surface area contributed by atoms with Crippen LogP contribution in [-0.4, -0.2) is 18.5 Å². The van der Waals surface area contributed by atoms with Crippen LogP contribution in [-0.2, 0) is 4.74 Å². The van der Waals surface area contributed by atoms with E-state index in [0.29, 0.717) is 5.41 Å². The van der Waals surface area contributed by atoms with Gasteiger partial charge in [0.05, 0.1) is 6.10 Å². The number of carbonyl (C=O) groups excluding carboxylic acids is 1. The standard InChI is InChI=1S/C18H26O2/c1-13-5-6-16(14(2)11-13)17(19)12-20-15-7-9-18(3,4)10-8-15/h5-6,11,15H,7-10,12H2,1-4H3. The van der Waals surface area contributed by atoms with E-state index in [2.05, 4.69) is 19.9 Å². The first-order valence-electron chi connectivity index (χ1n) is 7.59. The fourth-order valence-electron chi connectivity index (χ4n) is 2.94. The molecule has 1 saturated carbocycles. The summed E-state index contributed by atoms with van der Waals surface area (Å²) in [5.74, 6) is 0.104. The van der Waals surface area contributed by atoms with E-state index in [1.165, 1.54) is 18.4 Å². The summed E-state index contributed by atoms with van der Waals surface area (Å²) < 4.78 is 5.83. The van der Waals surface area contributed by atoms with Crippen molar-refractivity contribution in [1.29, 1.82) is 0 Å². The Kier molecular flexibility index (Phi) is 4.64. The number of aryl methyl sites for hydroxylation is 2. The lowest BCUT2D eigenvalue weighted by Crippen LogP contribution is -2.28. The summed E-state index contributed by atoms with van der Waals surface area (Å²) in [7, 11) is 0. The average molecular weight is 274 g/mol. The minimum atomic E-state index is 0.104. The van der Waals surface area contributed by atoms with Gasteiger partial charge in [-0.25, -0.2) is 0 Å². The van der Waals surface area contributed by atoms with Gasteiger partial charge < -0.3 is 4.74 Å². The maximum atomic E-state index is 12.2. The maximum absolute atomic E-state index is 12.2. The van der Waals surface area contributed by atoms with Crippen molar-refractivity contribution in [3.63, 3.8) is 0 Å². The Labute approximate surface area is 122 Å². The molecule has 0 N–H and O–H groups in total. The zero-order valence-corrected chi connectivity index (χ0v) is 13.2. The van der Waals surface area contributed by atoms with Crippen LogP contribution < -0.4 is 0 Å². The Morgan fingerprint density at radius 1 is 1.25 bits per heavy atom. The first kappa shape index (κ1) is 15.2. The van der Waals surface area contributed by atoms with Crippen LogP contribution in [0.2, 0.25) is 0 Å². The van der Waals surface area contributed by atoms with Crippen LogP contribution >= 0.6 is 0 Å². The molecule has 110 valence electrons. The molecule has 20 heavy (non-hydrogen) atoms. The summed E-state index contributed by atoms with van der Waals surface area (Å²) in [4.78, 5) is 12.2. The van der Waals surface area contributed by atoms with Gasteiger partial charge in [-0.2, -0.15) is 0 Å². The molecule has 1 aromatic carbocycles. The molecular formula is C18H26O2. The fraction of sp³-hybridized carbons (Fsp3) is 0.611. The first-order valence-corrected chi connectivity index (χ1v) is 7.59. The van der Waals surface area contributed by atoms with Crippen molar-refractivity contribution in [3.8, 4) is 0 Å². The van der Waals surface area contributed by atoms with E-state index in [9.17, 15) is 4.79 Å². The number of hydrogen-bond donors (Lipinski definition) is 0. The fourth-order valence-corrected chi connectivity index (χ4v) is 2.94. The molecule has 2 rings (SSSR count). The molecule has 0 radical (unpaired) electrons. The number of benzene rings is 1. The van der Waals surface area contributed by atoms with Crippen molar-refractivity contribution in [2.24, 2.45) is 5.41 Å². The summed E-state index contributed by atoms with van der Waals surface area (Å²) in [6.07, 6.45) is 4.79. The van der Waals surface area contributed by atoms with E-state index in [1.807, 2.05) is 26.0 Å². The topological polar surface area (TPSA) is 26.3 Å². The van der Waals surface area contributed by atoms with Crippen LogP contribution in [0.4, 0.5) is 0 Å². The number of ketones is 1. The van der Waals surface area contributed by atoms with Gasteiger partial charge in [-0.3, -0.25) is 4.79 Å². The molecule has 1 aliphatic rings. The van der Waals surface area contributed by atoms with Gasteiger partial charge in [0.25, 0.3) is 0 Å². The van der Waals surface area contributed by atoms with Gasteiger partial charge in [-0.15, -0.1) is 0 Å². The van der Waals surface area contributed by atoms with Crippen molar-refractivity contribution in [2.45, 2.75) is 59.5 Å². The minimum Gasteiger partial charge on any atom is -0.370 e. The number of hydrogen-bond acceptors (Lipinski definition) is 2. The largest absolute Gasteiger partial charge is 0.370 e. The Morgan fingerprint density at radius 3 is 2.50 bits per heavy atom. The van der Waals surface area contributed by atoms with Gasteiger partial charge in [0, 0.05) is 5.56 Å². The van der Waals surface area contributed by atoms with Crippen molar-refractivity contribution in [1.82, 2.24) is 0 Å². The Morgan fingerprint density at radius 2 is 1.90 bits per heavy atom. The second-order valence-corrected chi connectivity index (χ2v) is 6.92. The van der Waals surface area contributed by atoms with Gasteiger partial charge in [0.1, 0.15) is 6.61 Å². The molecule has 0 spiro atoms. The zero-order valence-electron chi connectivity index (χ0n) is 13.2. The van der Waals surface area contributed by atoms with Crippen molar-refractivity contribution >= 4 is 5.78 Å². The third-order valence-electron chi connectivity index (χ3n) is 4.42. The summed E-state index contributed by atoms with van der Waals surface area (Å²) in [5.41, 5.74) is 3.47. The summed E-state index contributed by atoms with van der Waals surface area (Å²) in [6.45, 7) is 8.87. The Bertz CT molecular complexity index is 478. The molecule has 0 saturated heterocycles. The van der Waals surface area contributed by atoms with Gasteiger partial charge in [-0.05, 0) is 50.5 Å². The van der Waals surface area contributed by atoms with Gasteiger partial charge in [0.15, 0.2) is 5.78 Å². The van der Waals surface area contributed by atoms with E-state index < -0.39 is 0 Å². The predicted molar refractivity (Wildman–Crippen MR) is 82.2 cm³/mol. The lowest BCUT2D eigenvalue weighted by atomic mass is 9.76. The van der Waals surface area contributed by atoms with E-state index in [0.717, 1.165) is 24.0 Å². The zero-order chi connectivity index (χ0) is 14.8. The molecule has 2 nitrogen and oxygen atoms in total. The van der Waals surface area contributed by atoms with Crippen LogP contribution in [0.15, 0.2) is 18.2 Å². The molecule has 0 bridgehead atoms. The molecule has 0 heterocycles. The van der Waals surface area contributed by atoms with Crippen molar-refractivity contribution in [2.75, 3.05) is 6.61 Å². The van der Waals surface area contributed by atoms with E-state index >= 15 is 0 Å². The third-order valence-corrected chi connectivity index (χ3v) is 4.42. The van der Waals surface area contributed by atoms with Gasteiger partial charge in [-0.1, -0.05) is 37.6 Å². The molecule has 1 fully saturated rings. The highest BCUT2D eigenvalue weighted by atomic mass is 16.5. The highest BCUT2D eigenvalue weighted by Gasteiger charge is 2.27. The number of ether oxygens (including phenoxy) is 1. The number of rotatable bonds is 4. The van der Waals surface area contributed by atoms with E-state index in [1.54, 1.807) is 0 Å². The van der Waals surface area contributed by atoms with E-state index in [-0.39, 0.29) is 18.5 Å². The molecular weight excluding hydrogens is 248 g/mol. The molecule has 1 aromatic rings. The molecule has 0 aromatic heterocycles. The number of Topliss-reactive ketones (excluding diaryl/α,β-unsaturated/α-hetero) is 1. The molecule has 0 aliphatic heterocycles. The normalized spacial score (nSPS) is 19.0. The smallest absolute Gasteiger partial charge is 0.188 e. The SMILES string of the molecule is Cc1ccc(C(=O)COC2CCC(C)(C)CC2)c(C)c1. The Balaban J connectivity index is 1.87. The quantitative estimate of drug-likeness (QED) is 0.757. The summed E-state index contributed by atoms with van der Waals surface area (Å²) in [5, 5.41) is 0. The maximum Gasteiger partial charge on any atom is 0.188 e. The molecule has 2 heteroatoms. The minimum absolute atomic E-state index is 0.104. The van der Waals surface area contributed by atoms with Crippen LogP contribution in [0.25, 0.3) is 0 Å². The average Bonchev–Trinajstić information content (AvgIpc) is 2.37. The molecule has 0 unspecified atom stereocenters. The second-order valence-electron chi connectivity index (χ2n) is 6.92. The van der Waals surface area contributed by atoms with Crippen molar-refractivity contribution in [3.05, 3.63) is 34.9 Å². The van der Waals surface area contributed by atoms with Gasteiger partial charge >= 0.3 is 0 Å². The lowest BCUT2D eigenvalue weighted by Gasteiger charge is -2.34. The monoisotopic (exact) mass is 274 g/mol. The lowest BCUT2D eigenvalue weighted by molar-refractivity contribution is 0.00860. The highest BCUT2D eigenvalue weighted by molar-refractivity contribution is 5.98. The van der Waals surface area contributed by atoms with Gasteiger partial charge in [0.2, 0.25) is 0 Å².